The van der Waals surface area contributed by atoms with Crippen molar-refractivity contribution in [3.8, 4) is 0 Å². The van der Waals surface area contributed by atoms with E-state index in [4.69, 9.17) is 17.0 Å². The highest BCUT2D eigenvalue weighted by molar-refractivity contribution is 6.79. The second-order valence-corrected chi connectivity index (χ2v) is 3.23. The van der Waals surface area contributed by atoms with Crippen molar-refractivity contribution in [1.82, 2.24) is 5.43 Å². The van der Waals surface area contributed by atoms with Crippen LogP contribution in [-0.2, 0) is 6.54 Å². The van der Waals surface area contributed by atoms with E-state index in [1.165, 1.54) is 12.1 Å². The summed E-state index contributed by atoms with van der Waals surface area (Å²) >= 11 is 5.45. The van der Waals surface area contributed by atoms with Gasteiger partial charge in [0.15, 0.2) is 5.17 Å². The van der Waals surface area contributed by atoms with Crippen molar-refractivity contribution in [2.24, 2.45) is 5.10 Å². The Morgan fingerprint density at radius 2 is 2.44 bits per heavy atom. The second kappa shape index (κ2) is 5.82. The average Bonchev–Trinajstić information content (AvgIpc) is 2.29. The summed E-state index contributed by atoms with van der Waals surface area (Å²) in [6.07, 6.45) is 0.891. The number of hydrazone groups is 1. The maximum atomic E-state index is 10.5. The Labute approximate surface area is 96.6 Å². The Morgan fingerprint density at radius 1 is 1.69 bits per heavy atom. The van der Waals surface area contributed by atoms with Crippen LogP contribution >= 0.6 is 11.6 Å². The molecule has 2 N–H and O–H groups in total. The topological polar surface area (TPSA) is 91.4 Å². The summed E-state index contributed by atoms with van der Waals surface area (Å²) in [7, 11) is 0. The van der Waals surface area contributed by atoms with Crippen molar-refractivity contribution in [2.75, 3.05) is 0 Å². The van der Waals surface area contributed by atoms with E-state index >= 15 is 0 Å². The van der Waals surface area contributed by atoms with Gasteiger partial charge in [-0.3, -0.25) is 10.1 Å². The number of hydrogen-bond acceptors (Lipinski definition) is 5. The molecule has 0 amide bonds. The first kappa shape index (κ1) is 12.1. The molecule has 0 aliphatic carbocycles. The lowest BCUT2D eigenvalue weighted by Gasteiger charge is -2.00. The molecule has 0 unspecified atom stereocenters. The number of nitrogens with zero attached hydrogens (tertiary/aromatic N) is 2. The van der Waals surface area contributed by atoms with Gasteiger partial charge in [-0.25, -0.2) is 0 Å². The number of nitro groups is 1. The standard InChI is InChI=1S/C9H9ClN4O2/c10-9(5-11)13-12-6-7-2-1-3-8(4-7)14(15)16/h1-5,11-12H,6H2. The molecule has 84 valence electrons. The van der Waals surface area contributed by atoms with Crippen LogP contribution in [-0.4, -0.2) is 16.3 Å². The third-order valence-corrected chi connectivity index (χ3v) is 1.90. The van der Waals surface area contributed by atoms with E-state index in [-0.39, 0.29) is 10.9 Å². The van der Waals surface area contributed by atoms with Crippen molar-refractivity contribution < 1.29 is 4.92 Å². The minimum absolute atomic E-state index is 0.0189. The van der Waals surface area contributed by atoms with Crippen molar-refractivity contribution in [3.05, 3.63) is 39.9 Å². The quantitative estimate of drug-likeness (QED) is 0.468. The molecular formula is C9H9ClN4O2. The fourth-order valence-electron chi connectivity index (χ4n) is 1.02. The molecule has 1 aromatic rings. The molecule has 6 nitrogen and oxygen atoms in total. The summed E-state index contributed by atoms with van der Waals surface area (Å²) in [5.41, 5.74) is 3.34. The lowest BCUT2D eigenvalue weighted by Crippen LogP contribution is -2.08. The Morgan fingerprint density at radius 3 is 3.06 bits per heavy atom. The van der Waals surface area contributed by atoms with Gasteiger partial charge >= 0.3 is 0 Å². The molecule has 0 saturated carbocycles. The maximum absolute atomic E-state index is 10.5. The van der Waals surface area contributed by atoms with Crippen molar-refractivity contribution in [2.45, 2.75) is 6.54 Å². The zero-order valence-corrected chi connectivity index (χ0v) is 8.94. The zero-order valence-electron chi connectivity index (χ0n) is 8.18. The lowest BCUT2D eigenvalue weighted by molar-refractivity contribution is -0.384. The molecule has 0 aliphatic heterocycles. The van der Waals surface area contributed by atoms with Gasteiger partial charge in [-0.2, -0.15) is 5.10 Å². The van der Waals surface area contributed by atoms with E-state index in [0.717, 1.165) is 6.21 Å². The summed E-state index contributed by atoms with van der Waals surface area (Å²) in [6, 6.07) is 6.18. The van der Waals surface area contributed by atoms with Crippen LogP contribution in [0.5, 0.6) is 0 Å². The van der Waals surface area contributed by atoms with Crippen LogP contribution in [0.25, 0.3) is 0 Å². The highest BCUT2D eigenvalue weighted by atomic mass is 35.5. The van der Waals surface area contributed by atoms with Crippen LogP contribution in [0.1, 0.15) is 5.56 Å². The normalized spacial score (nSPS) is 10.9. The lowest BCUT2D eigenvalue weighted by atomic mass is 10.2. The van der Waals surface area contributed by atoms with Crippen molar-refractivity contribution >= 4 is 28.7 Å². The molecule has 1 aromatic carbocycles. The highest BCUT2D eigenvalue weighted by Crippen LogP contribution is 2.12. The van der Waals surface area contributed by atoms with E-state index in [1.807, 2.05) is 0 Å². The predicted octanol–water partition coefficient (Wildman–Crippen LogP) is 1.89. The van der Waals surface area contributed by atoms with Crippen LogP contribution in [0, 0.1) is 15.5 Å². The number of nitro benzene ring substituents is 1. The molecule has 7 heteroatoms. The second-order valence-electron chi connectivity index (χ2n) is 2.84. The summed E-state index contributed by atoms with van der Waals surface area (Å²) in [5, 5.41) is 20.9. The third kappa shape index (κ3) is 3.66. The van der Waals surface area contributed by atoms with E-state index in [2.05, 4.69) is 10.5 Å². The molecule has 0 saturated heterocycles. The van der Waals surface area contributed by atoms with Crippen LogP contribution in [0.2, 0.25) is 0 Å². The molecule has 0 atom stereocenters. The van der Waals surface area contributed by atoms with Gasteiger partial charge in [0, 0.05) is 12.1 Å². The number of hydrogen-bond donors (Lipinski definition) is 2. The molecule has 0 aromatic heterocycles. The van der Waals surface area contributed by atoms with Crippen LogP contribution < -0.4 is 5.43 Å². The molecule has 1 rings (SSSR count). The average molecular weight is 241 g/mol. The Balaban J connectivity index is 2.64. The van der Waals surface area contributed by atoms with E-state index < -0.39 is 4.92 Å². The summed E-state index contributed by atoms with van der Waals surface area (Å²) in [5.74, 6) is 0. The van der Waals surface area contributed by atoms with Gasteiger partial charge in [0.25, 0.3) is 5.69 Å². The summed E-state index contributed by atoms with van der Waals surface area (Å²) in [6.45, 7) is 0.311. The van der Waals surface area contributed by atoms with E-state index in [0.29, 0.717) is 12.1 Å². The fourth-order valence-corrected chi connectivity index (χ4v) is 1.08. The van der Waals surface area contributed by atoms with E-state index in [9.17, 15) is 10.1 Å². The monoisotopic (exact) mass is 240 g/mol. The van der Waals surface area contributed by atoms with Gasteiger partial charge in [0.2, 0.25) is 0 Å². The minimum Gasteiger partial charge on any atom is -0.305 e. The minimum atomic E-state index is -0.461. The number of halogens is 1. The first-order valence-corrected chi connectivity index (χ1v) is 4.71. The Kier molecular flexibility index (Phi) is 4.41. The number of nitrogens with one attached hydrogen (secondary N) is 2. The molecule has 0 radical (unpaired) electrons. The predicted molar refractivity (Wildman–Crippen MR) is 62.0 cm³/mol. The molecule has 0 fully saturated rings. The highest BCUT2D eigenvalue weighted by Gasteiger charge is 2.04. The Bertz CT molecular complexity index is 433. The largest absolute Gasteiger partial charge is 0.305 e. The van der Waals surface area contributed by atoms with Crippen molar-refractivity contribution in [1.29, 1.82) is 5.41 Å². The maximum Gasteiger partial charge on any atom is 0.269 e. The smallest absolute Gasteiger partial charge is 0.269 e. The number of benzene rings is 1. The molecule has 0 heterocycles. The molecule has 0 spiro atoms. The van der Waals surface area contributed by atoms with Gasteiger partial charge in [-0.15, -0.1) is 0 Å². The number of rotatable bonds is 5. The molecule has 0 aliphatic rings. The zero-order chi connectivity index (χ0) is 12.0. The van der Waals surface area contributed by atoms with Crippen molar-refractivity contribution in [3.63, 3.8) is 0 Å². The number of non-ortho nitro benzene ring substituents is 1. The molecule has 0 bridgehead atoms. The Hall–Kier alpha value is -1.95. The van der Waals surface area contributed by atoms with Crippen LogP contribution in [0.4, 0.5) is 5.69 Å². The molecular weight excluding hydrogens is 232 g/mol. The SMILES string of the molecule is N=CC(Cl)=NNCc1cccc([N+](=O)[O-])c1. The van der Waals surface area contributed by atoms with Crippen LogP contribution in [0.15, 0.2) is 29.4 Å². The third-order valence-electron chi connectivity index (χ3n) is 1.71. The van der Waals surface area contributed by atoms with Crippen LogP contribution in [0.3, 0.4) is 0 Å². The summed E-state index contributed by atoms with van der Waals surface area (Å²) in [4.78, 5) is 10.0. The summed E-state index contributed by atoms with van der Waals surface area (Å²) < 4.78 is 0. The van der Waals surface area contributed by atoms with E-state index in [1.54, 1.807) is 12.1 Å². The first-order valence-electron chi connectivity index (χ1n) is 4.33. The molecule has 16 heavy (non-hydrogen) atoms. The van der Waals surface area contributed by atoms with Gasteiger partial charge in [-0.1, -0.05) is 23.7 Å². The van der Waals surface area contributed by atoms with Gasteiger partial charge < -0.3 is 10.8 Å². The van der Waals surface area contributed by atoms with Gasteiger partial charge in [0.1, 0.15) is 0 Å². The fraction of sp³-hybridized carbons (Fsp3) is 0.111. The first-order chi connectivity index (χ1) is 7.63. The van der Waals surface area contributed by atoms with Gasteiger partial charge in [0.05, 0.1) is 17.7 Å². The van der Waals surface area contributed by atoms with Gasteiger partial charge in [-0.05, 0) is 5.56 Å².